The Morgan fingerprint density at radius 3 is 2.70 bits per heavy atom. The van der Waals surface area contributed by atoms with Crippen LogP contribution in [0.5, 0.6) is 5.75 Å². The third-order valence-electron chi connectivity index (χ3n) is 3.49. The molecule has 0 spiro atoms. The second-order valence-electron chi connectivity index (χ2n) is 5.78. The number of ether oxygens (including phenoxy) is 3. The van der Waals surface area contributed by atoms with Crippen molar-refractivity contribution in [3.05, 3.63) is 32.3 Å². The minimum Gasteiger partial charge on any atom is -0.483 e. The van der Waals surface area contributed by atoms with Crippen molar-refractivity contribution in [2.75, 3.05) is 13.2 Å². The van der Waals surface area contributed by atoms with Gasteiger partial charge in [0.1, 0.15) is 12.7 Å². The molecule has 1 atom stereocenters. The summed E-state index contributed by atoms with van der Waals surface area (Å²) in [5.41, 5.74) is 0.0203. The van der Waals surface area contributed by atoms with Gasteiger partial charge in [-0.15, -0.1) is 0 Å². The molecule has 0 bridgehead atoms. The van der Waals surface area contributed by atoms with E-state index in [1.165, 1.54) is 19.9 Å². The van der Waals surface area contributed by atoms with Crippen molar-refractivity contribution in [3.63, 3.8) is 0 Å². The number of benzene rings is 1. The molecule has 1 aromatic rings. The molecule has 1 fully saturated rings. The molecule has 8 heteroatoms. The molecule has 1 aliphatic heterocycles. The number of halogens is 1. The summed E-state index contributed by atoms with van der Waals surface area (Å²) in [5.74, 6) is -1.18. The first-order chi connectivity index (χ1) is 10.6. The van der Waals surface area contributed by atoms with Crippen molar-refractivity contribution >= 4 is 23.1 Å². The first-order valence-corrected chi connectivity index (χ1v) is 7.43. The molecule has 23 heavy (non-hydrogen) atoms. The van der Waals surface area contributed by atoms with Gasteiger partial charge in [0.05, 0.1) is 22.1 Å². The monoisotopic (exact) mass is 343 g/mol. The van der Waals surface area contributed by atoms with E-state index >= 15 is 0 Å². The van der Waals surface area contributed by atoms with E-state index in [9.17, 15) is 14.9 Å². The second-order valence-corrected chi connectivity index (χ2v) is 6.19. The van der Waals surface area contributed by atoms with Crippen LogP contribution in [0.15, 0.2) is 6.07 Å². The number of hydrogen-bond acceptors (Lipinski definition) is 6. The number of rotatable bonds is 5. The van der Waals surface area contributed by atoms with Crippen LogP contribution in [-0.4, -0.2) is 35.8 Å². The molecular weight excluding hydrogens is 326 g/mol. The SMILES string of the molecule is CC(=O)c1cc(Cl)c(C)c([N+](=O)[O-])c1OCC1COC(C)(C)O1. The van der Waals surface area contributed by atoms with Gasteiger partial charge < -0.3 is 14.2 Å². The van der Waals surface area contributed by atoms with Gasteiger partial charge >= 0.3 is 5.69 Å². The van der Waals surface area contributed by atoms with Crippen LogP contribution in [0.3, 0.4) is 0 Å². The topological polar surface area (TPSA) is 87.9 Å². The van der Waals surface area contributed by atoms with E-state index in [-0.39, 0.29) is 46.1 Å². The summed E-state index contributed by atoms with van der Waals surface area (Å²) >= 11 is 5.99. The Labute approximate surface area is 138 Å². The standard InChI is InChI=1S/C15H18ClNO6/c1-8-12(16)5-11(9(2)18)14(13(8)17(19)20)21-6-10-7-22-15(3,4)23-10/h5,10H,6-7H2,1-4H3. The summed E-state index contributed by atoms with van der Waals surface area (Å²) in [6.45, 7) is 6.69. The normalized spacial score (nSPS) is 19.6. The molecule has 1 aromatic carbocycles. The lowest BCUT2D eigenvalue weighted by atomic mass is 10.1. The highest BCUT2D eigenvalue weighted by molar-refractivity contribution is 6.32. The molecule has 0 radical (unpaired) electrons. The molecule has 1 heterocycles. The Balaban J connectivity index is 2.34. The number of carbonyl (C=O) groups excluding carboxylic acids is 1. The molecule has 7 nitrogen and oxygen atoms in total. The molecule has 0 N–H and O–H groups in total. The van der Waals surface area contributed by atoms with Gasteiger partial charge in [-0.1, -0.05) is 11.6 Å². The Hall–Kier alpha value is -1.70. The molecule has 0 aromatic heterocycles. The van der Waals surface area contributed by atoms with Crippen LogP contribution in [0.25, 0.3) is 0 Å². The lowest BCUT2D eigenvalue weighted by Gasteiger charge is -2.18. The van der Waals surface area contributed by atoms with Gasteiger partial charge in [0, 0.05) is 5.56 Å². The number of nitro benzene ring substituents is 1. The van der Waals surface area contributed by atoms with Crippen LogP contribution in [0, 0.1) is 17.0 Å². The van der Waals surface area contributed by atoms with Crippen LogP contribution in [-0.2, 0) is 9.47 Å². The lowest BCUT2D eigenvalue weighted by molar-refractivity contribution is -0.386. The fraction of sp³-hybridized carbons (Fsp3) is 0.533. The summed E-state index contributed by atoms with van der Waals surface area (Å²) in [4.78, 5) is 22.6. The zero-order chi connectivity index (χ0) is 17.4. The van der Waals surface area contributed by atoms with E-state index in [4.69, 9.17) is 25.8 Å². The average Bonchev–Trinajstić information content (AvgIpc) is 2.78. The van der Waals surface area contributed by atoms with Gasteiger partial charge in [-0.25, -0.2) is 0 Å². The number of Topliss-reactive ketones (excluding diaryl/α,β-unsaturated/α-hetero) is 1. The Morgan fingerprint density at radius 2 is 2.22 bits per heavy atom. The fourth-order valence-electron chi connectivity index (χ4n) is 2.36. The zero-order valence-electron chi connectivity index (χ0n) is 13.3. The maximum atomic E-state index is 11.8. The molecular formula is C15H18ClNO6. The average molecular weight is 344 g/mol. The smallest absolute Gasteiger partial charge is 0.316 e. The number of nitrogens with zero attached hydrogens (tertiary/aromatic N) is 1. The Morgan fingerprint density at radius 1 is 1.57 bits per heavy atom. The molecule has 1 saturated heterocycles. The van der Waals surface area contributed by atoms with E-state index in [0.717, 1.165) is 0 Å². The predicted molar refractivity (Wildman–Crippen MR) is 83.2 cm³/mol. The molecule has 1 unspecified atom stereocenters. The highest BCUT2D eigenvalue weighted by Crippen LogP contribution is 2.39. The van der Waals surface area contributed by atoms with E-state index in [1.807, 2.05) is 0 Å². The predicted octanol–water partition coefficient (Wildman–Crippen LogP) is 3.29. The number of nitro groups is 1. The molecule has 2 rings (SSSR count). The van der Waals surface area contributed by atoms with Crippen LogP contribution in [0.4, 0.5) is 5.69 Å². The molecule has 0 amide bonds. The van der Waals surface area contributed by atoms with E-state index in [0.29, 0.717) is 6.61 Å². The third-order valence-corrected chi connectivity index (χ3v) is 3.88. The molecule has 0 aliphatic carbocycles. The van der Waals surface area contributed by atoms with Crippen LogP contribution < -0.4 is 4.74 Å². The van der Waals surface area contributed by atoms with Crippen molar-refractivity contribution in [1.29, 1.82) is 0 Å². The van der Waals surface area contributed by atoms with E-state index in [1.54, 1.807) is 13.8 Å². The Kier molecular flexibility index (Phi) is 4.93. The fourth-order valence-corrected chi connectivity index (χ4v) is 2.56. The second kappa shape index (κ2) is 6.43. The first-order valence-electron chi connectivity index (χ1n) is 7.05. The van der Waals surface area contributed by atoms with E-state index < -0.39 is 10.7 Å². The third kappa shape index (κ3) is 3.80. The van der Waals surface area contributed by atoms with Crippen molar-refractivity contribution in [2.24, 2.45) is 0 Å². The van der Waals surface area contributed by atoms with Crippen LogP contribution >= 0.6 is 11.6 Å². The van der Waals surface area contributed by atoms with Crippen LogP contribution in [0.1, 0.15) is 36.7 Å². The van der Waals surface area contributed by atoms with Crippen LogP contribution in [0.2, 0.25) is 5.02 Å². The minimum absolute atomic E-state index is 0.0334. The zero-order valence-corrected chi connectivity index (χ0v) is 14.1. The maximum Gasteiger partial charge on any atom is 0.316 e. The summed E-state index contributed by atoms with van der Waals surface area (Å²) in [5, 5.41) is 11.5. The maximum absolute atomic E-state index is 11.8. The highest BCUT2D eigenvalue weighted by atomic mass is 35.5. The summed E-state index contributed by atoms with van der Waals surface area (Å²) < 4.78 is 16.6. The lowest BCUT2D eigenvalue weighted by Crippen LogP contribution is -2.25. The summed E-state index contributed by atoms with van der Waals surface area (Å²) in [6.07, 6.45) is -0.375. The largest absolute Gasteiger partial charge is 0.483 e. The molecule has 1 aliphatic rings. The summed E-state index contributed by atoms with van der Waals surface area (Å²) in [6, 6.07) is 1.39. The number of ketones is 1. The Bertz CT molecular complexity index is 658. The van der Waals surface area contributed by atoms with Gasteiger partial charge in [0.2, 0.25) is 5.75 Å². The van der Waals surface area contributed by atoms with Gasteiger partial charge in [-0.05, 0) is 33.8 Å². The van der Waals surface area contributed by atoms with Gasteiger partial charge in [-0.3, -0.25) is 14.9 Å². The first kappa shape index (κ1) is 17.7. The number of carbonyl (C=O) groups is 1. The number of hydrogen-bond donors (Lipinski definition) is 0. The minimum atomic E-state index is -0.723. The highest BCUT2D eigenvalue weighted by Gasteiger charge is 2.34. The van der Waals surface area contributed by atoms with Gasteiger partial charge in [0.25, 0.3) is 0 Å². The molecule has 0 saturated carbocycles. The van der Waals surface area contributed by atoms with Gasteiger partial charge in [-0.2, -0.15) is 0 Å². The van der Waals surface area contributed by atoms with Gasteiger partial charge in [0.15, 0.2) is 11.6 Å². The van der Waals surface area contributed by atoms with Crippen molar-refractivity contribution in [2.45, 2.75) is 39.6 Å². The van der Waals surface area contributed by atoms with Crippen molar-refractivity contribution in [3.8, 4) is 5.75 Å². The molecule has 126 valence electrons. The van der Waals surface area contributed by atoms with Crippen molar-refractivity contribution < 1.29 is 23.9 Å². The van der Waals surface area contributed by atoms with Crippen molar-refractivity contribution in [1.82, 2.24) is 0 Å². The summed E-state index contributed by atoms with van der Waals surface area (Å²) in [7, 11) is 0. The van der Waals surface area contributed by atoms with E-state index in [2.05, 4.69) is 0 Å². The quantitative estimate of drug-likeness (QED) is 0.463.